The first kappa shape index (κ1) is 32.2. The smallest absolute Gasteiger partial charge is 0.264 e. The Morgan fingerprint density at radius 2 is 1.63 bits per heavy atom. The highest BCUT2D eigenvalue weighted by molar-refractivity contribution is 7.92. The third-order valence-electron chi connectivity index (χ3n) is 6.57. The quantitative estimate of drug-likeness (QED) is 0.280. The van der Waals surface area contributed by atoms with Gasteiger partial charge in [0, 0.05) is 22.6 Å². The molecule has 0 aliphatic carbocycles. The fourth-order valence-corrected chi connectivity index (χ4v) is 5.77. The summed E-state index contributed by atoms with van der Waals surface area (Å²) in [4.78, 5) is 28.2. The molecule has 0 spiro atoms. The zero-order valence-electron chi connectivity index (χ0n) is 23.1. The number of sulfonamides is 1. The molecule has 0 heterocycles. The van der Waals surface area contributed by atoms with Crippen molar-refractivity contribution in [3.05, 3.63) is 88.2 Å². The van der Waals surface area contributed by atoms with E-state index in [4.69, 9.17) is 27.9 Å². The zero-order chi connectivity index (χ0) is 30.3. The highest BCUT2D eigenvalue weighted by Gasteiger charge is 2.33. The minimum Gasteiger partial charge on any atom is -0.497 e. The summed E-state index contributed by atoms with van der Waals surface area (Å²) in [6.45, 7) is 4.54. The Bertz CT molecular complexity index is 1470. The minimum absolute atomic E-state index is 0.0664. The normalized spacial score (nSPS) is 12.8. The highest BCUT2D eigenvalue weighted by atomic mass is 35.5. The molecule has 220 valence electrons. The highest BCUT2D eigenvalue weighted by Crippen LogP contribution is 2.27. The number of nitrogens with zero attached hydrogens (tertiary/aromatic N) is 2. The van der Waals surface area contributed by atoms with Crippen LogP contribution in [0.1, 0.15) is 32.8 Å². The average Bonchev–Trinajstić information content (AvgIpc) is 2.95. The number of methoxy groups -OCH3 is 1. The van der Waals surface area contributed by atoms with Crippen molar-refractivity contribution in [2.24, 2.45) is 0 Å². The molecule has 41 heavy (non-hydrogen) atoms. The van der Waals surface area contributed by atoms with E-state index >= 15 is 0 Å². The molecule has 0 fully saturated rings. The van der Waals surface area contributed by atoms with Gasteiger partial charge in [-0.1, -0.05) is 36.2 Å². The summed E-state index contributed by atoms with van der Waals surface area (Å²) in [5, 5.41) is 3.54. The molecule has 1 N–H and O–H groups in total. The van der Waals surface area contributed by atoms with Crippen LogP contribution in [0.25, 0.3) is 0 Å². The number of hydrogen-bond donors (Lipinski definition) is 1. The first-order valence-corrected chi connectivity index (χ1v) is 15.0. The van der Waals surface area contributed by atoms with E-state index in [1.165, 1.54) is 54.5 Å². The van der Waals surface area contributed by atoms with Gasteiger partial charge in [-0.3, -0.25) is 13.9 Å². The van der Waals surface area contributed by atoms with E-state index in [0.717, 1.165) is 16.4 Å². The second kappa shape index (κ2) is 14.0. The molecule has 0 aromatic heterocycles. The molecular weight excluding hydrogens is 592 g/mol. The average molecular weight is 625 g/mol. The molecule has 0 saturated carbocycles. The molecule has 8 nitrogen and oxygen atoms in total. The molecule has 0 bridgehead atoms. The number of rotatable bonds is 12. The van der Waals surface area contributed by atoms with Crippen molar-refractivity contribution in [2.75, 3.05) is 18.0 Å². The van der Waals surface area contributed by atoms with Gasteiger partial charge in [0.25, 0.3) is 10.0 Å². The maximum absolute atomic E-state index is 13.9. The lowest BCUT2D eigenvalue weighted by Gasteiger charge is -2.32. The third-order valence-corrected chi connectivity index (χ3v) is 8.94. The molecule has 0 aliphatic rings. The van der Waals surface area contributed by atoms with Gasteiger partial charge in [0.2, 0.25) is 11.8 Å². The molecule has 0 saturated heterocycles. The Morgan fingerprint density at radius 1 is 1.00 bits per heavy atom. The fraction of sp³-hybridized carbons (Fsp3) is 0.310. The SMILES string of the molecule is CC[C@@H](C)NC(=O)[C@H](C)N(Cc1ccc(Cl)cc1Cl)C(=O)CN(c1ccc(F)cc1)S(=O)(=O)c1ccc(OC)cc1. The Morgan fingerprint density at radius 3 is 2.20 bits per heavy atom. The Kier molecular flexibility index (Phi) is 11.0. The number of anilines is 1. The van der Waals surface area contributed by atoms with Crippen molar-refractivity contribution < 1.29 is 27.1 Å². The molecule has 12 heteroatoms. The summed E-state index contributed by atoms with van der Waals surface area (Å²) in [6.07, 6.45) is 0.674. The number of nitrogens with one attached hydrogen (secondary N) is 1. The van der Waals surface area contributed by atoms with E-state index in [1.54, 1.807) is 19.1 Å². The Hall–Kier alpha value is -3.34. The largest absolute Gasteiger partial charge is 0.497 e. The van der Waals surface area contributed by atoms with Crippen molar-refractivity contribution in [1.29, 1.82) is 0 Å². The van der Waals surface area contributed by atoms with Crippen molar-refractivity contribution in [3.8, 4) is 5.75 Å². The molecular formula is C29H32Cl2FN3O5S. The van der Waals surface area contributed by atoms with Crippen LogP contribution in [-0.4, -0.2) is 50.9 Å². The second-order valence-electron chi connectivity index (χ2n) is 9.41. The molecule has 2 amide bonds. The van der Waals surface area contributed by atoms with Crippen LogP contribution in [0, 0.1) is 5.82 Å². The summed E-state index contributed by atoms with van der Waals surface area (Å²) in [5.74, 6) is -1.22. The van der Waals surface area contributed by atoms with Gasteiger partial charge in [0.15, 0.2) is 0 Å². The van der Waals surface area contributed by atoms with Gasteiger partial charge in [0.1, 0.15) is 24.2 Å². The maximum Gasteiger partial charge on any atom is 0.264 e. The van der Waals surface area contributed by atoms with Crippen LogP contribution in [-0.2, 0) is 26.2 Å². The minimum atomic E-state index is -4.31. The third kappa shape index (κ3) is 8.12. The molecule has 0 unspecified atom stereocenters. The summed E-state index contributed by atoms with van der Waals surface area (Å²) in [7, 11) is -2.86. The lowest BCUT2D eigenvalue weighted by molar-refractivity contribution is -0.139. The van der Waals surface area contributed by atoms with Gasteiger partial charge in [0.05, 0.1) is 17.7 Å². The monoisotopic (exact) mass is 623 g/mol. The summed E-state index contributed by atoms with van der Waals surface area (Å²) >= 11 is 12.4. The van der Waals surface area contributed by atoms with E-state index in [2.05, 4.69) is 5.32 Å². The van der Waals surface area contributed by atoms with Gasteiger partial charge < -0.3 is 15.0 Å². The maximum atomic E-state index is 13.9. The van der Waals surface area contributed by atoms with Crippen molar-refractivity contribution in [1.82, 2.24) is 10.2 Å². The number of halogens is 3. The summed E-state index contributed by atoms with van der Waals surface area (Å²) in [5.41, 5.74) is 0.579. The van der Waals surface area contributed by atoms with Crippen molar-refractivity contribution in [3.63, 3.8) is 0 Å². The number of ether oxygens (including phenoxy) is 1. The number of carbonyl (C=O) groups is 2. The first-order chi connectivity index (χ1) is 19.4. The van der Waals surface area contributed by atoms with Crippen LogP contribution >= 0.6 is 23.2 Å². The van der Waals surface area contributed by atoms with Gasteiger partial charge in [-0.05, 0) is 86.5 Å². The Balaban J connectivity index is 2.04. The molecule has 0 aliphatic heterocycles. The van der Waals surface area contributed by atoms with Crippen LogP contribution < -0.4 is 14.4 Å². The lowest BCUT2D eigenvalue weighted by atomic mass is 10.1. The summed E-state index contributed by atoms with van der Waals surface area (Å²) < 4.78 is 47.4. The molecule has 3 aromatic carbocycles. The first-order valence-electron chi connectivity index (χ1n) is 12.8. The van der Waals surface area contributed by atoms with E-state index in [0.29, 0.717) is 22.8 Å². The van der Waals surface area contributed by atoms with Gasteiger partial charge in [-0.25, -0.2) is 12.8 Å². The molecule has 0 radical (unpaired) electrons. The predicted molar refractivity (Wildman–Crippen MR) is 158 cm³/mol. The predicted octanol–water partition coefficient (Wildman–Crippen LogP) is 5.67. The van der Waals surface area contributed by atoms with Gasteiger partial charge >= 0.3 is 0 Å². The van der Waals surface area contributed by atoms with E-state index in [9.17, 15) is 22.4 Å². The molecule has 2 atom stereocenters. The molecule has 3 aromatic rings. The van der Waals surface area contributed by atoms with E-state index in [1.807, 2.05) is 13.8 Å². The van der Waals surface area contributed by atoms with Crippen molar-refractivity contribution >= 4 is 50.7 Å². The van der Waals surface area contributed by atoms with Crippen molar-refractivity contribution in [2.45, 2.75) is 50.7 Å². The van der Waals surface area contributed by atoms with Crippen LogP contribution in [0.15, 0.2) is 71.6 Å². The van der Waals surface area contributed by atoms with E-state index in [-0.39, 0.29) is 28.2 Å². The fourth-order valence-electron chi connectivity index (χ4n) is 3.89. The number of carbonyl (C=O) groups excluding carboxylic acids is 2. The van der Waals surface area contributed by atoms with Crippen LogP contribution in [0.3, 0.4) is 0 Å². The lowest BCUT2D eigenvalue weighted by Crippen LogP contribution is -2.52. The topological polar surface area (TPSA) is 96.0 Å². The van der Waals surface area contributed by atoms with Crippen LogP contribution in [0.2, 0.25) is 10.0 Å². The van der Waals surface area contributed by atoms with Crippen LogP contribution in [0.4, 0.5) is 10.1 Å². The standard InChI is InChI=1S/C29H32Cl2FN3O5S/c1-5-19(2)33-29(37)20(3)34(17-21-6-7-22(30)16-27(21)31)28(36)18-35(24-10-8-23(32)9-11-24)41(38,39)26-14-12-25(40-4)13-15-26/h6-16,19-20H,5,17-18H2,1-4H3,(H,33,37)/t19-,20+/m1/s1. The summed E-state index contributed by atoms with van der Waals surface area (Å²) in [6, 6.07) is 14.0. The second-order valence-corrected chi connectivity index (χ2v) is 12.1. The Labute approximate surface area is 250 Å². The zero-order valence-corrected chi connectivity index (χ0v) is 25.4. The van der Waals surface area contributed by atoms with Gasteiger partial charge in [-0.2, -0.15) is 0 Å². The van der Waals surface area contributed by atoms with E-state index < -0.39 is 40.2 Å². The molecule has 3 rings (SSSR count). The van der Waals surface area contributed by atoms with Gasteiger partial charge in [-0.15, -0.1) is 0 Å². The number of benzene rings is 3. The number of hydrogen-bond acceptors (Lipinski definition) is 5. The van der Waals surface area contributed by atoms with Crippen LogP contribution in [0.5, 0.6) is 5.75 Å². The number of amides is 2.